The number of alkyl halides is 2. The topological polar surface area (TPSA) is 28.7 Å². The number of fused-ring (bicyclic) bond motifs is 1. The summed E-state index contributed by atoms with van der Waals surface area (Å²) in [7, 11) is 0. The molecule has 1 N–H and O–H groups in total. The summed E-state index contributed by atoms with van der Waals surface area (Å²) in [6.45, 7) is 2.93. The number of H-pyrrole nitrogens is 1. The first-order chi connectivity index (χ1) is 8.47. The lowest BCUT2D eigenvalue weighted by molar-refractivity contribution is 0.0114. The van der Waals surface area contributed by atoms with Crippen LogP contribution in [0.4, 0.5) is 8.78 Å². The summed E-state index contributed by atoms with van der Waals surface area (Å²) in [5, 5.41) is 9.26. The molecule has 2 rings (SSSR count). The molecule has 0 fully saturated rings. The van der Waals surface area contributed by atoms with Crippen LogP contribution in [0.25, 0.3) is 11.6 Å². The van der Waals surface area contributed by atoms with Crippen LogP contribution in [0, 0.1) is 6.92 Å². The van der Waals surface area contributed by atoms with Gasteiger partial charge in [-0.25, -0.2) is 8.78 Å². The van der Waals surface area contributed by atoms with E-state index in [1.54, 1.807) is 0 Å². The minimum Gasteiger partial charge on any atom is -0.278 e. The second-order valence-electron chi connectivity index (χ2n) is 4.92. The summed E-state index contributed by atoms with van der Waals surface area (Å²) in [6.07, 6.45) is 8.00. The molecular formula is C14H18F2N2. The van der Waals surface area contributed by atoms with Crippen LogP contribution in [0.15, 0.2) is 12.2 Å². The number of hydrogen-bond donors (Lipinski definition) is 1. The number of nitrogens with zero attached hydrogens (tertiary/aromatic N) is 1. The number of aromatic amines is 1. The van der Waals surface area contributed by atoms with Crippen LogP contribution in [-0.4, -0.2) is 16.1 Å². The Balaban J connectivity index is 2.24. The fraction of sp³-hybridized carbons (Fsp3) is 0.500. The molecule has 0 spiro atoms. The van der Waals surface area contributed by atoms with Gasteiger partial charge in [-0.05, 0) is 39.2 Å². The van der Waals surface area contributed by atoms with Crippen LogP contribution < -0.4 is 10.6 Å². The largest absolute Gasteiger partial charge is 0.278 e. The maximum absolute atomic E-state index is 12.8. The molecule has 0 amide bonds. The van der Waals surface area contributed by atoms with Crippen molar-refractivity contribution in [3.8, 4) is 0 Å². The predicted octanol–water partition coefficient (Wildman–Crippen LogP) is 2.43. The molecule has 98 valence electrons. The first-order valence-corrected chi connectivity index (χ1v) is 6.25. The van der Waals surface area contributed by atoms with Crippen molar-refractivity contribution in [1.82, 2.24) is 10.2 Å². The number of rotatable bonds is 4. The van der Waals surface area contributed by atoms with E-state index < -0.39 is 5.92 Å². The average molecular weight is 252 g/mol. The second kappa shape index (κ2) is 5.04. The summed E-state index contributed by atoms with van der Waals surface area (Å²) in [5.74, 6) is -2.57. The van der Waals surface area contributed by atoms with Gasteiger partial charge in [0.1, 0.15) is 0 Å². The number of hydrogen-bond acceptors (Lipinski definition) is 1. The van der Waals surface area contributed by atoms with Gasteiger partial charge in [-0.1, -0.05) is 17.7 Å². The molecule has 1 aromatic heterocycles. The third-order valence-corrected chi connectivity index (χ3v) is 3.19. The molecule has 0 unspecified atom stereocenters. The Labute approximate surface area is 105 Å². The van der Waals surface area contributed by atoms with E-state index in [4.69, 9.17) is 0 Å². The molecule has 1 aliphatic carbocycles. The fourth-order valence-electron chi connectivity index (χ4n) is 2.33. The van der Waals surface area contributed by atoms with Crippen molar-refractivity contribution in [2.45, 2.75) is 45.5 Å². The quantitative estimate of drug-likeness (QED) is 0.876. The highest BCUT2D eigenvalue weighted by Crippen LogP contribution is 2.22. The van der Waals surface area contributed by atoms with Crippen LogP contribution in [-0.2, 0) is 0 Å². The average Bonchev–Trinajstić information content (AvgIpc) is 2.51. The van der Waals surface area contributed by atoms with Gasteiger partial charge in [-0.2, -0.15) is 5.10 Å². The fourth-order valence-corrected chi connectivity index (χ4v) is 2.33. The summed E-state index contributed by atoms with van der Waals surface area (Å²) >= 11 is 0. The molecule has 0 saturated heterocycles. The number of aromatic nitrogens is 2. The van der Waals surface area contributed by atoms with Crippen molar-refractivity contribution in [3.63, 3.8) is 0 Å². The van der Waals surface area contributed by atoms with E-state index in [9.17, 15) is 8.78 Å². The van der Waals surface area contributed by atoms with Crippen molar-refractivity contribution >= 4 is 11.6 Å². The number of aryl methyl sites for hydroxylation is 1. The van der Waals surface area contributed by atoms with Gasteiger partial charge in [-0.15, -0.1) is 0 Å². The molecule has 1 heterocycles. The third kappa shape index (κ3) is 3.06. The van der Waals surface area contributed by atoms with Gasteiger partial charge < -0.3 is 0 Å². The van der Waals surface area contributed by atoms with E-state index in [1.807, 2.05) is 19.1 Å². The zero-order chi connectivity index (χ0) is 13.2. The highest BCUT2D eigenvalue weighted by Gasteiger charge is 2.20. The van der Waals surface area contributed by atoms with Gasteiger partial charge in [0, 0.05) is 11.6 Å². The molecule has 1 aromatic rings. The van der Waals surface area contributed by atoms with Gasteiger partial charge in [0.25, 0.3) is 0 Å². The Kier molecular flexibility index (Phi) is 3.64. The summed E-state index contributed by atoms with van der Waals surface area (Å²) < 4.78 is 25.6. The van der Waals surface area contributed by atoms with Crippen LogP contribution in [0.2, 0.25) is 0 Å². The Morgan fingerprint density at radius 1 is 1.44 bits per heavy atom. The predicted molar refractivity (Wildman–Crippen MR) is 68.7 cm³/mol. The van der Waals surface area contributed by atoms with Crippen molar-refractivity contribution in [1.29, 1.82) is 0 Å². The monoisotopic (exact) mass is 252 g/mol. The zero-order valence-corrected chi connectivity index (χ0v) is 10.8. The number of halogens is 2. The third-order valence-electron chi connectivity index (χ3n) is 3.19. The SMILES string of the molecule is Cc1n[nH]c2c1=C(CCCC(C)(F)F)CC=CC=2. The van der Waals surface area contributed by atoms with E-state index in [0.29, 0.717) is 12.8 Å². The highest BCUT2D eigenvalue weighted by atomic mass is 19.3. The van der Waals surface area contributed by atoms with Gasteiger partial charge in [0.15, 0.2) is 0 Å². The Morgan fingerprint density at radius 2 is 2.22 bits per heavy atom. The van der Waals surface area contributed by atoms with E-state index in [1.165, 1.54) is 5.57 Å². The van der Waals surface area contributed by atoms with Crippen LogP contribution >= 0.6 is 0 Å². The smallest absolute Gasteiger partial charge is 0.245 e. The minimum absolute atomic E-state index is 0.0594. The maximum Gasteiger partial charge on any atom is 0.245 e. The van der Waals surface area contributed by atoms with E-state index in [-0.39, 0.29) is 6.42 Å². The van der Waals surface area contributed by atoms with Gasteiger partial charge in [-0.3, -0.25) is 5.10 Å². The maximum atomic E-state index is 12.8. The lowest BCUT2D eigenvalue weighted by Crippen LogP contribution is -2.26. The van der Waals surface area contributed by atoms with Gasteiger partial charge >= 0.3 is 0 Å². The lowest BCUT2D eigenvalue weighted by atomic mass is 10.0. The Hall–Kier alpha value is -1.45. The second-order valence-corrected chi connectivity index (χ2v) is 4.92. The molecule has 4 heteroatoms. The first-order valence-electron chi connectivity index (χ1n) is 6.25. The molecular weight excluding hydrogens is 234 g/mol. The van der Waals surface area contributed by atoms with Gasteiger partial charge in [0.2, 0.25) is 5.92 Å². The molecule has 0 aromatic carbocycles. The normalized spacial score (nSPS) is 15.2. The molecule has 0 bridgehead atoms. The zero-order valence-electron chi connectivity index (χ0n) is 10.8. The van der Waals surface area contributed by atoms with Gasteiger partial charge in [0.05, 0.1) is 11.0 Å². The van der Waals surface area contributed by atoms with Crippen molar-refractivity contribution in [3.05, 3.63) is 28.4 Å². The van der Waals surface area contributed by atoms with Crippen molar-refractivity contribution in [2.75, 3.05) is 0 Å². The van der Waals surface area contributed by atoms with Crippen molar-refractivity contribution < 1.29 is 8.78 Å². The lowest BCUT2D eigenvalue weighted by Gasteiger charge is -2.10. The van der Waals surface area contributed by atoms with Crippen LogP contribution in [0.3, 0.4) is 0 Å². The summed E-state index contributed by atoms with van der Waals surface area (Å²) in [5.41, 5.74) is 2.15. The minimum atomic E-state index is -2.57. The van der Waals surface area contributed by atoms with E-state index >= 15 is 0 Å². The molecule has 0 atom stereocenters. The molecule has 0 saturated carbocycles. The summed E-state index contributed by atoms with van der Waals surface area (Å²) in [6, 6.07) is 0. The Bertz CT molecular complexity index is 562. The molecule has 0 radical (unpaired) electrons. The van der Waals surface area contributed by atoms with Crippen LogP contribution in [0.1, 0.15) is 38.3 Å². The highest BCUT2D eigenvalue weighted by molar-refractivity contribution is 5.53. The Morgan fingerprint density at radius 3 is 2.94 bits per heavy atom. The summed E-state index contributed by atoms with van der Waals surface area (Å²) in [4.78, 5) is 0. The number of allylic oxidation sites excluding steroid dienone is 2. The van der Waals surface area contributed by atoms with Crippen LogP contribution in [0.5, 0.6) is 0 Å². The molecule has 1 aliphatic rings. The van der Waals surface area contributed by atoms with E-state index in [2.05, 4.69) is 16.3 Å². The van der Waals surface area contributed by atoms with Crippen molar-refractivity contribution in [2.24, 2.45) is 0 Å². The van der Waals surface area contributed by atoms with E-state index in [0.717, 1.165) is 29.6 Å². The number of nitrogens with one attached hydrogen (secondary N) is 1. The molecule has 18 heavy (non-hydrogen) atoms. The standard InChI is InChI=1S/C14H18F2N2/c1-10-13-11(7-5-9-14(2,15)16)6-3-4-8-12(13)18-17-10/h3-4,8,18H,5-7,9H2,1-2H3. The first kappa shape index (κ1) is 13.0. The molecule has 2 nitrogen and oxygen atoms in total. The molecule has 0 aliphatic heterocycles.